The molecule has 6 nitrogen and oxygen atoms in total. The lowest BCUT2D eigenvalue weighted by atomic mass is 10.2. The van der Waals surface area contributed by atoms with Gasteiger partial charge >= 0.3 is 0 Å². The lowest BCUT2D eigenvalue weighted by Gasteiger charge is -2.26. The maximum atomic E-state index is 5.50. The van der Waals surface area contributed by atoms with Crippen molar-refractivity contribution in [3.63, 3.8) is 0 Å². The number of rotatable bonds is 7. The fraction of sp³-hybridized carbons (Fsp3) is 0.650. The molecular formula is C20H34IN5O. The molecule has 2 aliphatic rings. The van der Waals surface area contributed by atoms with Crippen molar-refractivity contribution in [2.24, 2.45) is 4.99 Å². The molecule has 2 atom stereocenters. The summed E-state index contributed by atoms with van der Waals surface area (Å²) in [7, 11) is 5.80. The third kappa shape index (κ3) is 5.88. The van der Waals surface area contributed by atoms with Gasteiger partial charge in [-0.2, -0.15) is 0 Å². The van der Waals surface area contributed by atoms with Gasteiger partial charge in [-0.1, -0.05) is 12.1 Å². The zero-order valence-electron chi connectivity index (χ0n) is 16.9. The van der Waals surface area contributed by atoms with Gasteiger partial charge in [-0.3, -0.25) is 9.89 Å². The van der Waals surface area contributed by atoms with E-state index in [1.165, 1.54) is 18.5 Å². The molecule has 1 saturated heterocycles. The Kier molecular flexibility index (Phi) is 8.47. The van der Waals surface area contributed by atoms with Gasteiger partial charge in [0.25, 0.3) is 0 Å². The van der Waals surface area contributed by atoms with Gasteiger partial charge in [-0.25, -0.2) is 0 Å². The molecule has 27 heavy (non-hydrogen) atoms. The van der Waals surface area contributed by atoms with E-state index in [2.05, 4.69) is 51.5 Å². The van der Waals surface area contributed by atoms with Crippen LogP contribution in [0.25, 0.3) is 0 Å². The van der Waals surface area contributed by atoms with Crippen molar-refractivity contribution in [1.82, 2.24) is 15.5 Å². The highest BCUT2D eigenvalue weighted by Crippen LogP contribution is 2.30. The summed E-state index contributed by atoms with van der Waals surface area (Å²) in [6, 6.07) is 9.91. The predicted molar refractivity (Wildman–Crippen MR) is 124 cm³/mol. The van der Waals surface area contributed by atoms with Crippen molar-refractivity contribution in [2.75, 3.05) is 45.7 Å². The average Bonchev–Trinajstić information content (AvgIpc) is 3.42. The molecule has 152 valence electrons. The van der Waals surface area contributed by atoms with Crippen LogP contribution in [0.4, 0.5) is 5.69 Å². The monoisotopic (exact) mass is 487 g/mol. The van der Waals surface area contributed by atoms with Crippen molar-refractivity contribution in [1.29, 1.82) is 0 Å². The Morgan fingerprint density at radius 3 is 2.74 bits per heavy atom. The van der Waals surface area contributed by atoms with Crippen LogP contribution in [0.1, 0.15) is 26.2 Å². The summed E-state index contributed by atoms with van der Waals surface area (Å²) in [5, 5.41) is 7.07. The number of para-hydroxylation sites is 2. The fourth-order valence-corrected chi connectivity index (χ4v) is 3.61. The molecule has 2 fully saturated rings. The summed E-state index contributed by atoms with van der Waals surface area (Å²) in [5.41, 5.74) is 1.17. The molecule has 1 aliphatic carbocycles. The number of ether oxygens (including phenoxy) is 1. The second-order valence-corrected chi connectivity index (χ2v) is 7.45. The quantitative estimate of drug-likeness (QED) is 0.352. The fourth-order valence-electron chi connectivity index (χ4n) is 3.61. The largest absolute Gasteiger partial charge is 0.495 e. The van der Waals surface area contributed by atoms with Gasteiger partial charge < -0.3 is 20.3 Å². The Balaban J connectivity index is 0.00000261. The van der Waals surface area contributed by atoms with Gasteiger partial charge in [-0.15, -0.1) is 24.0 Å². The predicted octanol–water partition coefficient (Wildman–Crippen LogP) is 2.54. The van der Waals surface area contributed by atoms with Crippen molar-refractivity contribution in [3.05, 3.63) is 24.3 Å². The summed E-state index contributed by atoms with van der Waals surface area (Å²) < 4.78 is 5.50. The number of nitrogens with zero attached hydrogens (tertiary/aromatic N) is 3. The number of hydrogen-bond acceptors (Lipinski definition) is 4. The van der Waals surface area contributed by atoms with Gasteiger partial charge in [-0.05, 0) is 45.4 Å². The Bertz CT molecular complexity index is 622. The van der Waals surface area contributed by atoms with Crippen LogP contribution >= 0.6 is 24.0 Å². The SMILES string of the molecule is CN=C(NCC(C)N(C)C1CC1)NC1CCN(c2ccccc2OC)C1.I. The molecular weight excluding hydrogens is 453 g/mol. The number of guanidine groups is 1. The van der Waals surface area contributed by atoms with E-state index in [4.69, 9.17) is 4.74 Å². The third-order valence-electron chi connectivity index (χ3n) is 5.56. The molecule has 0 bridgehead atoms. The molecule has 1 aliphatic heterocycles. The molecule has 2 unspecified atom stereocenters. The zero-order chi connectivity index (χ0) is 18.5. The van der Waals surface area contributed by atoms with E-state index in [1.54, 1.807) is 7.11 Å². The lowest BCUT2D eigenvalue weighted by Crippen LogP contribution is -2.48. The third-order valence-corrected chi connectivity index (χ3v) is 5.56. The highest BCUT2D eigenvalue weighted by Gasteiger charge is 2.29. The van der Waals surface area contributed by atoms with Gasteiger partial charge in [0, 0.05) is 44.8 Å². The molecule has 0 radical (unpaired) electrons. The van der Waals surface area contributed by atoms with E-state index >= 15 is 0 Å². The molecule has 1 aromatic carbocycles. The minimum atomic E-state index is 0. The number of halogens is 1. The summed E-state index contributed by atoms with van der Waals surface area (Å²) in [6.07, 6.45) is 3.78. The number of methoxy groups -OCH3 is 1. The van der Waals surface area contributed by atoms with Gasteiger partial charge in [0.15, 0.2) is 5.96 Å². The van der Waals surface area contributed by atoms with Crippen molar-refractivity contribution in [3.8, 4) is 5.75 Å². The number of benzene rings is 1. The first-order valence-electron chi connectivity index (χ1n) is 9.69. The smallest absolute Gasteiger partial charge is 0.191 e. The standard InChI is InChI=1S/C20H33N5O.HI/c1-15(24(3)17-9-10-17)13-22-20(21-2)23-16-11-12-25(14-16)18-7-5-6-8-19(18)26-4;/h5-8,15-17H,9-14H2,1-4H3,(H2,21,22,23);1H. The molecule has 2 N–H and O–H groups in total. The van der Waals surface area contributed by atoms with Crippen LogP contribution in [0.3, 0.4) is 0 Å². The highest BCUT2D eigenvalue weighted by atomic mass is 127. The maximum absolute atomic E-state index is 5.50. The Labute approximate surface area is 180 Å². The van der Waals surface area contributed by atoms with Crippen molar-refractivity contribution >= 4 is 35.6 Å². The second-order valence-electron chi connectivity index (χ2n) is 7.45. The highest BCUT2D eigenvalue weighted by molar-refractivity contribution is 14.0. The lowest BCUT2D eigenvalue weighted by molar-refractivity contribution is 0.247. The molecule has 3 rings (SSSR count). The van der Waals surface area contributed by atoms with E-state index in [0.29, 0.717) is 12.1 Å². The number of hydrogen-bond donors (Lipinski definition) is 2. The Morgan fingerprint density at radius 2 is 2.07 bits per heavy atom. The summed E-state index contributed by atoms with van der Waals surface area (Å²) >= 11 is 0. The molecule has 7 heteroatoms. The summed E-state index contributed by atoms with van der Waals surface area (Å²) in [4.78, 5) is 9.26. The van der Waals surface area contributed by atoms with Crippen LogP contribution in [-0.4, -0.2) is 69.8 Å². The van der Waals surface area contributed by atoms with E-state index < -0.39 is 0 Å². The minimum absolute atomic E-state index is 0. The van der Waals surface area contributed by atoms with E-state index in [0.717, 1.165) is 43.8 Å². The molecule has 1 heterocycles. The Morgan fingerprint density at radius 1 is 1.33 bits per heavy atom. The van der Waals surface area contributed by atoms with Gasteiger partial charge in [0.05, 0.1) is 12.8 Å². The second kappa shape index (κ2) is 10.4. The van der Waals surface area contributed by atoms with E-state index in [9.17, 15) is 0 Å². The number of nitrogens with one attached hydrogen (secondary N) is 2. The van der Waals surface area contributed by atoms with E-state index in [-0.39, 0.29) is 24.0 Å². The van der Waals surface area contributed by atoms with Gasteiger partial charge in [0.1, 0.15) is 5.75 Å². The normalized spacial score (nSPS) is 21.0. The Hall–Kier alpha value is -1.22. The molecule has 0 amide bonds. The molecule has 1 saturated carbocycles. The van der Waals surface area contributed by atoms with Crippen LogP contribution in [0.2, 0.25) is 0 Å². The number of aliphatic imine (C=N–C) groups is 1. The summed E-state index contributed by atoms with van der Waals surface area (Å²) in [6.45, 7) is 5.17. The van der Waals surface area contributed by atoms with E-state index in [1.807, 2.05) is 19.2 Å². The van der Waals surface area contributed by atoms with Crippen LogP contribution in [0.5, 0.6) is 5.75 Å². The maximum Gasteiger partial charge on any atom is 0.191 e. The molecule has 0 aromatic heterocycles. The van der Waals surface area contributed by atoms with Crippen LogP contribution < -0.4 is 20.3 Å². The van der Waals surface area contributed by atoms with Crippen molar-refractivity contribution < 1.29 is 4.74 Å². The van der Waals surface area contributed by atoms with Gasteiger partial charge in [0.2, 0.25) is 0 Å². The number of anilines is 1. The van der Waals surface area contributed by atoms with Crippen LogP contribution in [0, 0.1) is 0 Å². The van der Waals surface area contributed by atoms with Crippen molar-refractivity contribution in [2.45, 2.75) is 44.3 Å². The number of likely N-dealkylation sites (N-methyl/N-ethyl adjacent to an activating group) is 1. The molecule has 0 spiro atoms. The van der Waals surface area contributed by atoms with Crippen LogP contribution in [0.15, 0.2) is 29.3 Å². The minimum Gasteiger partial charge on any atom is -0.495 e. The topological polar surface area (TPSA) is 52.1 Å². The van der Waals surface area contributed by atoms with Crippen LogP contribution in [-0.2, 0) is 0 Å². The average molecular weight is 487 g/mol. The first-order valence-corrected chi connectivity index (χ1v) is 9.69. The summed E-state index contributed by atoms with van der Waals surface area (Å²) in [5.74, 6) is 1.83. The molecule has 1 aromatic rings. The first kappa shape index (κ1) is 22.1. The zero-order valence-corrected chi connectivity index (χ0v) is 19.3. The first-order chi connectivity index (χ1) is 12.6.